The van der Waals surface area contributed by atoms with E-state index >= 15 is 0 Å². The highest BCUT2D eigenvalue weighted by Crippen LogP contribution is 2.22. The van der Waals surface area contributed by atoms with Crippen molar-refractivity contribution in [2.24, 2.45) is 5.10 Å². The van der Waals surface area contributed by atoms with E-state index in [1.165, 1.54) is 12.5 Å². The summed E-state index contributed by atoms with van der Waals surface area (Å²) in [5.41, 5.74) is 0.721. The topological polar surface area (TPSA) is 141 Å². The molecule has 0 aliphatic heterocycles. The second-order valence-electron chi connectivity index (χ2n) is 3.97. The molecule has 0 bridgehead atoms. The van der Waals surface area contributed by atoms with E-state index in [2.05, 4.69) is 10.5 Å². The van der Waals surface area contributed by atoms with E-state index in [1.807, 2.05) is 0 Å². The molecule has 0 saturated heterocycles. The molecule has 1 aromatic carbocycles. The van der Waals surface area contributed by atoms with E-state index in [-0.39, 0.29) is 5.56 Å². The smallest absolute Gasteiger partial charge is 0.277 e. The number of nitrogens with one attached hydrogen (secondary N) is 1. The first-order chi connectivity index (χ1) is 10.5. The van der Waals surface area contributed by atoms with Crippen LogP contribution in [0.25, 0.3) is 0 Å². The highest BCUT2D eigenvalue weighted by atomic mass is 16.6. The normalized spacial score (nSPS) is 10.5. The van der Waals surface area contributed by atoms with Crippen LogP contribution in [0.1, 0.15) is 16.1 Å². The van der Waals surface area contributed by atoms with Crippen molar-refractivity contribution in [2.75, 3.05) is 0 Å². The summed E-state index contributed by atoms with van der Waals surface area (Å²) >= 11 is 0. The van der Waals surface area contributed by atoms with Gasteiger partial charge in [-0.2, -0.15) is 5.10 Å². The molecule has 112 valence electrons. The van der Waals surface area contributed by atoms with Crippen molar-refractivity contribution >= 4 is 23.5 Å². The average molecular weight is 304 g/mol. The van der Waals surface area contributed by atoms with Crippen LogP contribution >= 0.6 is 0 Å². The number of nitro groups is 2. The number of rotatable bonds is 5. The van der Waals surface area contributed by atoms with Crippen molar-refractivity contribution in [1.82, 2.24) is 5.43 Å². The summed E-state index contributed by atoms with van der Waals surface area (Å²) in [4.78, 5) is 31.6. The fraction of sp³-hybridized carbons (Fsp3) is 0. The number of benzene rings is 1. The lowest BCUT2D eigenvalue weighted by molar-refractivity contribution is -0.394. The minimum Gasteiger partial charge on any atom is -0.463 e. The van der Waals surface area contributed by atoms with E-state index in [0.29, 0.717) is 5.76 Å². The van der Waals surface area contributed by atoms with Gasteiger partial charge in [0.25, 0.3) is 17.3 Å². The van der Waals surface area contributed by atoms with Crippen LogP contribution in [0.2, 0.25) is 0 Å². The van der Waals surface area contributed by atoms with Crippen molar-refractivity contribution < 1.29 is 19.1 Å². The van der Waals surface area contributed by atoms with Gasteiger partial charge >= 0.3 is 0 Å². The fourth-order valence-electron chi connectivity index (χ4n) is 1.52. The van der Waals surface area contributed by atoms with E-state index in [9.17, 15) is 25.0 Å². The Kier molecular flexibility index (Phi) is 4.22. The molecule has 1 aromatic heterocycles. The van der Waals surface area contributed by atoms with Crippen LogP contribution in [0.3, 0.4) is 0 Å². The summed E-state index contributed by atoms with van der Waals surface area (Å²) in [5, 5.41) is 25.0. The number of hydrogen-bond donors (Lipinski definition) is 1. The Morgan fingerprint density at radius 1 is 1.18 bits per heavy atom. The second kappa shape index (κ2) is 6.26. The standard InChI is InChI=1S/C12H8N4O6/c17-12(14-13-7-11-2-1-3-22-11)8-4-9(15(18)19)6-10(5-8)16(20)21/h1-7H,(H,14,17). The minimum atomic E-state index is -0.824. The molecule has 0 fully saturated rings. The van der Waals surface area contributed by atoms with Crippen molar-refractivity contribution in [3.8, 4) is 0 Å². The zero-order valence-electron chi connectivity index (χ0n) is 10.8. The first kappa shape index (κ1) is 14.8. The van der Waals surface area contributed by atoms with Gasteiger partial charge < -0.3 is 4.42 Å². The molecule has 0 atom stereocenters. The first-order valence-corrected chi connectivity index (χ1v) is 5.78. The number of non-ortho nitro benzene ring substituents is 2. The van der Waals surface area contributed by atoms with Gasteiger partial charge in [0.2, 0.25) is 0 Å². The van der Waals surface area contributed by atoms with E-state index in [1.54, 1.807) is 12.1 Å². The lowest BCUT2D eigenvalue weighted by atomic mass is 10.1. The fourth-order valence-corrected chi connectivity index (χ4v) is 1.52. The molecular formula is C12H8N4O6. The summed E-state index contributed by atoms with van der Waals surface area (Å²) in [6.07, 6.45) is 2.62. The van der Waals surface area contributed by atoms with E-state index in [4.69, 9.17) is 4.42 Å². The van der Waals surface area contributed by atoms with Crippen LogP contribution in [-0.4, -0.2) is 22.0 Å². The van der Waals surface area contributed by atoms with Gasteiger partial charge in [-0.25, -0.2) is 5.43 Å². The number of carbonyl (C=O) groups is 1. The maximum atomic E-state index is 11.8. The van der Waals surface area contributed by atoms with Crippen LogP contribution in [-0.2, 0) is 0 Å². The zero-order valence-corrected chi connectivity index (χ0v) is 10.8. The maximum absolute atomic E-state index is 11.8. The third-order valence-corrected chi connectivity index (χ3v) is 2.49. The quantitative estimate of drug-likeness (QED) is 0.507. The molecule has 1 heterocycles. The highest BCUT2D eigenvalue weighted by Gasteiger charge is 2.19. The van der Waals surface area contributed by atoms with Gasteiger partial charge in [-0.1, -0.05) is 0 Å². The lowest BCUT2D eigenvalue weighted by Gasteiger charge is -2.00. The third-order valence-electron chi connectivity index (χ3n) is 2.49. The number of furan rings is 1. The summed E-state index contributed by atoms with van der Waals surface area (Å²) in [7, 11) is 0. The number of amides is 1. The Bertz CT molecular complexity index is 721. The predicted octanol–water partition coefficient (Wildman–Crippen LogP) is 1.86. The molecule has 2 rings (SSSR count). The molecule has 2 aromatic rings. The number of hydrogen-bond acceptors (Lipinski definition) is 7. The van der Waals surface area contributed by atoms with Gasteiger partial charge in [0, 0.05) is 12.1 Å². The largest absolute Gasteiger partial charge is 0.463 e. The Labute approximate surface area is 122 Å². The van der Waals surface area contributed by atoms with Gasteiger partial charge in [-0.3, -0.25) is 25.0 Å². The number of nitro benzene ring substituents is 2. The summed E-state index contributed by atoms with van der Waals surface area (Å²) in [6.45, 7) is 0. The molecule has 0 spiro atoms. The molecule has 0 aliphatic carbocycles. The summed E-state index contributed by atoms with van der Waals surface area (Å²) < 4.78 is 4.94. The van der Waals surface area contributed by atoms with Crippen molar-refractivity contribution in [3.05, 3.63) is 68.1 Å². The molecule has 10 heteroatoms. The molecule has 0 radical (unpaired) electrons. The third kappa shape index (κ3) is 3.50. The van der Waals surface area contributed by atoms with Crippen molar-refractivity contribution in [1.29, 1.82) is 0 Å². The Hall–Kier alpha value is -3.56. The minimum absolute atomic E-state index is 0.252. The number of carbonyl (C=O) groups excluding carboxylic acids is 1. The Morgan fingerprint density at radius 2 is 1.82 bits per heavy atom. The van der Waals surface area contributed by atoms with Crippen molar-refractivity contribution in [2.45, 2.75) is 0 Å². The average Bonchev–Trinajstić information content (AvgIpc) is 2.99. The maximum Gasteiger partial charge on any atom is 0.277 e. The predicted molar refractivity (Wildman–Crippen MR) is 73.5 cm³/mol. The molecule has 0 aliphatic rings. The van der Waals surface area contributed by atoms with Crippen LogP contribution in [0.5, 0.6) is 0 Å². The van der Waals surface area contributed by atoms with Gasteiger partial charge in [0.15, 0.2) is 0 Å². The number of hydrazone groups is 1. The van der Waals surface area contributed by atoms with Crippen molar-refractivity contribution in [3.63, 3.8) is 0 Å². The second-order valence-corrected chi connectivity index (χ2v) is 3.97. The van der Waals surface area contributed by atoms with E-state index in [0.717, 1.165) is 18.2 Å². The monoisotopic (exact) mass is 304 g/mol. The lowest BCUT2D eigenvalue weighted by Crippen LogP contribution is -2.18. The summed E-state index contributed by atoms with van der Waals surface area (Å²) in [6, 6.07) is 5.82. The molecule has 22 heavy (non-hydrogen) atoms. The highest BCUT2D eigenvalue weighted by molar-refractivity contribution is 5.96. The molecule has 1 N–H and O–H groups in total. The van der Waals surface area contributed by atoms with E-state index < -0.39 is 27.1 Å². The van der Waals surface area contributed by atoms with Crippen LogP contribution < -0.4 is 5.43 Å². The van der Waals surface area contributed by atoms with Gasteiger partial charge in [0.1, 0.15) is 5.76 Å². The Balaban J connectivity index is 2.21. The molecule has 10 nitrogen and oxygen atoms in total. The van der Waals surface area contributed by atoms with Gasteiger partial charge in [-0.15, -0.1) is 0 Å². The van der Waals surface area contributed by atoms with Crippen LogP contribution in [0, 0.1) is 20.2 Å². The molecule has 1 amide bonds. The zero-order chi connectivity index (χ0) is 16.1. The molecule has 0 unspecified atom stereocenters. The number of nitrogens with zero attached hydrogens (tertiary/aromatic N) is 3. The first-order valence-electron chi connectivity index (χ1n) is 5.78. The van der Waals surface area contributed by atoms with Crippen LogP contribution in [0.15, 0.2) is 46.1 Å². The van der Waals surface area contributed by atoms with Gasteiger partial charge in [0.05, 0.1) is 34.0 Å². The van der Waals surface area contributed by atoms with Gasteiger partial charge in [-0.05, 0) is 12.1 Å². The molecular weight excluding hydrogens is 296 g/mol. The summed E-state index contributed by atoms with van der Waals surface area (Å²) in [5.74, 6) is -0.445. The SMILES string of the molecule is O=C(NN=Cc1ccco1)c1cc([N+](=O)[O-])cc([N+](=O)[O-])c1. The van der Waals surface area contributed by atoms with Crippen LogP contribution in [0.4, 0.5) is 11.4 Å². The molecule has 0 saturated carbocycles. The Morgan fingerprint density at radius 3 is 2.32 bits per heavy atom.